The van der Waals surface area contributed by atoms with Crippen LogP contribution in [-0.2, 0) is 4.79 Å². The van der Waals surface area contributed by atoms with Crippen molar-refractivity contribution >= 4 is 28.8 Å². The minimum absolute atomic E-state index is 0.0388. The second-order valence-corrected chi connectivity index (χ2v) is 6.85. The summed E-state index contributed by atoms with van der Waals surface area (Å²) in [6, 6.07) is 18.7. The van der Waals surface area contributed by atoms with Crippen LogP contribution in [0.1, 0.15) is 12.8 Å². The molecule has 0 saturated carbocycles. The van der Waals surface area contributed by atoms with Gasteiger partial charge in [-0.15, -0.1) is 5.10 Å². The summed E-state index contributed by atoms with van der Waals surface area (Å²) < 4.78 is 5.45. The molecule has 7 heteroatoms. The Morgan fingerprint density at radius 2 is 1.72 bits per heavy atom. The van der Waals surface area contributed by atoms with E-state index < -0.39 is 0 Å². The Morgan fingerprint density at radius 3 is 2.48 bits per heavy atom. The first-order valence-corrected chi connectivity index (χ1v) is 9.69. The number of nitrogens with one attached hydrogen (secondary N) is 2. The highest BCUT2D eigenvalue weighted by Crippen LogP contribution is 2.23. The van der Waals surface area contributed by atoms with Crippen molar-refractivity contribution in [3.63, 3.8) is 0 Å². The van der Waals surface area contributed by atoms with Crippen LogP contribution in [0, 0.1) is 0 Å². The smallest absolute Gasteiger partial charge is 0.262 e. The Balaban J connectivity index is 1.31. The topological polar surface area (TPSA) is 79.4 Å². The van der Waals surface area contributed by atoms with Crippen LogP contribution in [0.5, 0.6) is 5.75 Å². The van der Waals surface area contributed by atoms with E-state index in [2.05, 4.69) is 25.7 Å². The normalized spacial score (nSPS) is 13.2. The van der Waals surface area contributed by atoms with Gasteiger partial charge >= 0.3 is 0 Å². The van der Waals surface area contributed by atoms with Crippen LogP contribution in [0.4, 0.5) is 22.9 Å². The van der Waals surface area contributed by atoms with E-state index in [1.807, 2.05) is 60.7 Å². The SMILES string of the molecule is O=C(COc1ccccc1)Nc1ccc(Nc2cc(N3CCCC3)cnn2)cc1. The van der Waals surface area contributed by atoms with Crippen LogP contribution in [0.2, 0.25) is 0 Å². The summed E-state index contributed by atoms with van der Waals surface area (Å²) in [5, 5.41) is 14.3. The van der Waals surface area contributed by atoms with Crippen LogP contribution >= 0.6 is 0 Å². The Bertz CT molecular complexity index is 941. The standard InChI is InChI=1S/C22H23N5O2/c28-22(16-29-20-6-2-1-3-7-20)25-18-10-8-17(9-11-18)24-21-14-19(15-23-26-21)27-12-4-5-13-27/h1-3,6-11,14-15H,4-5,12-13,16H2,(H,24,26)(H,25,28). The summed E-state index contributed by atoms with van der Waals surface area (Å²) in [6.45, 7) is 2.09. The van der Waals surface area contributed by atoms with E-state index in [-0.39, 0.29) is 12.5 Å². The summed E-state index contributed by atoms with van der Waals surface area (Å²) >= 11 is 0. The van der Waals surface area contributed by atoms with Gasteiger partial charge in [-0.2, -0.15) is 5.10 Å². The minimum atomic E-state index is -0.209. The largest absolute Gasteiger partial charge is 0.484 e. The quantitative estimate of drug-likeness (QED) is 0.639. The number of carbonyl (C=O) groups excluding carboxylic acids is 1. The van der Waals surface area contributed by atoms with Gasteiger partial charge in [-0.3, -0.25) is 4.79 Å². The van der Waals surface area contributed by atoms with Crippen LogP contribution < -0.4 is 20.3 Å². The number of benzene rings is 2. The second-order valence-electron chi connectivity index (χ2n) is 6.85. The van der Waals surface area contributed by atoms with Crippen LogP contribution in [0.15, 0.2) is 66.9 Å². The molecule has 0 bridgehead atoms. The van der Waals surface area contributed by atoms with E-state index in [1.54, 1.807) is 6.20 Å². The average Bonchev–Trinajstić information content (AvgIpc) is 3.30. The molecule has 148 valence electrons. The second kappa shape index (κ2) is 9.05. The Morgan fingerprint density at radius 1 is 1.00 bits per heavy atom. The fourth-order valence-electron chi connectivity index (χ4n) is 3.21. The first-order valence-electron chi connectivity index (χ1n) is 9.69. The van der Waals surface area contributed by atoms with Gasteiger partial charge < -0.3 is 20.3 Å². The van der Waals surface area contributed by atoms with E-state index in [9.17, 15) is 4.79 Å². The molecule has 1 aliphatic heterocycles. The number of para-hydroxylation sites is 1. The minimum Gasteiger partial charge on any atom is -0.484 e. The van der Waals surface area contributed by atoms with E-state index in [1.165, 1.54) is 12.8 Å². The van der Waals surface area contributed by atoms with Crippen molar-refractivity contribution < 1.29 is 9.53 Å². The molecule has 1 fully saturated rings. The van der Waals surface area contributed by atoms with Gasteiger partial charge in [0, 0.05) is 30.5 Å². The predicted molar refractivity (Wildman–Crippen MR) is 114 cm³/mol. The lowest BCUT2D eigenvalue weighted by Crippen LogP contribution is -2.20. The van der Waals surface area contributed by atoms with Crippen molar-refractivity contribution in [2.75, 3.05) is 35.2 Å². The lowest BCUT2D eigenvalue weighted by atomic mass is 10.2. The zero-order valence-corrected chi connectivity index (χ0v) is 16.0. The van der Waals surface area contributed by atoms with Crippen LogP contribution in [-0.4, -0.2) is 35.8 Å². The van der Waals surface area contributed by atoms with E-state index in [0.717, 1.165) is 24.5 Å². The van der Waals surface area contributed by atoms with Gasteiger partial charge in [0.05, 0.1) is 11.9 Å². The van der Waals surface area contributed by atoms with Crippen molar-refractivity contribution in [3.05, 3.63) is 66.9 Å². The number of hydrogen-bond donors (Lipinski definition) is 2. The fourth-order valence-corrected chi connectivity index (χ4v) is 3.21. The zero-order chi connectivity index (χ0) is 19.9. The lowest BCUT2D eigenvalue weighted by Gasteiger charge is -2.17. The van der Waals surface area contributed by atoms with Crippen molar-refractivity contribution in [1.29, 1.82) is 0 Å². The van der Waals surface area contributed by atoms with Crippen molar-refractivity contribution in [1.82, 2.24) is 10.2 Å². The van der Waals surface area contributed by atoms with Gasteiger partial charge in [-0.1, -0.05) is 18.2 Å². The third-order valence-electron chi connectivity index (χ3n) is 4.67. The predicted octanol–water partition coefficient (Wildman–Crippen LogP) is 3.84. The van der Waals surface area contributed by atoms with E-state index >= 15 is 0 Å². The summed E-state index contributed by atoms with van der Waals surface area (Å²) in [6.07, 6.45) is 4.23. The average molecular weight is 389 g/mol. The van der Waals surface area contributed by atoms with Gasteiger partial charge in [-0.05, 0) is 49.2 Å². The summed E-state index contributed by atoms with van der Waals surface area (Å²) in [5.74, 6) is 1.15. The monoisotopic (exact) mass is 389 g/mol. The molecule has 1 aliphatic rings. The number of aromatic nitrogens is 2. The molecule has 0 unspecified atom stereocenters. The third-order valence-corrected chi connectivity index (χ3v) is 4.67. The molecule has 1 saturated heterocycles. The molecule has 2 aromatic carbocycles. The molecule has 1 amide bonds. The summed E-state index contributed by atoms with van der Waals surface area (Å²) in [7, 11) is 0. The number of anilines is 4. The number of amides is 1. The van der Waals surface area contributed by atoms with Crippen molar-refractivity contribution in [3.8, 4) is 5.75 Å². The van der Waals surface area contributed by atoms with Crippen molar-refractivity contribution in [2.24, 2.45) is 0 Å². The van der Waals surface area contributed by atoms with Crippen molar-refractivity contribution in [2.45, 2.75) is 12.8 Å². The molecule has 2 heterocycles. The molecule has 2 N–H and O–H groups in total. The Hall–Kier alpha value is -3.61. The van der Waals surface area contributed by atoms with E-state index in [0.29, 0.717) is 17.3 Å². The molecule has 0 spiro atoms. The van der Waals surface area contributed by atoms with Gasteiger partial charge in [0.1, 0.15) is 5.75 Å². The zero-order valence-electron chi connectivity index (χ0n) is 16.0. The third kappa shape index (κ3) is 5.22. The lowest BCUT2D eigenvalue weighted by molar-refractivity contribution is -0.118. The highest BCUT2D eigenvalue weighted by molar-refractivity contribution is 5.92. The highest BCUT2D eigenvalue weighted by Gasteiger charge is 2.13. The molecule has 0 atom stereocenters. The summed E-state index contributed by atoms with van der Waals surface area (Å²) in [5.41, 5.74) is 2.66. The molecular weight excluding hydrogens is 366 g/mol. The maximum atomic E-state index is 12.1. The van der Waals surface area contributed by atoms with Gasteiger partial charge in [0.25, 0.3) is 5.91 Å². The van der Waals surface area contributed by atoms with Crippen LogP contribution in [0.3, 0.4) is 0 Å². The Kier molecular flexibility index (Phi) is 5.85. The number of carbonyl (C=O) groups is 1. The molecule has 29 heavy (non-hydrogen) atoms. The maximum absolute atomic E-state index is 12.1. The fraction of sp³-hybridized carbons (Fsp3) is 0.227. The number of nitrogens with zero attached hydrogens (tertiary/aromatic N) is 3. The van der Waals surface area contributed by atoms with Gasteiger partial charge in [-0.25, -0.2) is 0 Å². The van der Waals surface area contributed by atoms with Gasteiger partial charge in [0.2, 0.25) is 0 Å². The molecule has 7 nitrogen and oxygen atoms in total. The molecular formula is C22H23N5O2. The van der Waals surface area contributed by atoms with Gasteiger partial charge in [0.15, 0.2) is 12.4 Å². The Labute approximate surface area is 169 Å². The first-order chi connectivity index (χ1) is 14.3. The van der Waals surface area contributed by atoms with Crippen LogP contribution in [0.25, 0.3) is 0 Å². The number of ether oxygens (including phenoxy) is 1. The molecule has 4 rings (SSSR count). The first kappa shape index (κ1) is 18.7. The summed E-state index contributed by atoms with van der Waals surface area (Å²) in [4.78, 5) is 14.4. The number of hydrogen-bond acceptors (Lipinski definition) is 6. The highest BCUT2D eigenvalue weighted by atomic mass is 16.5. The van der Waals surface area contributed by atoms with E-state index in [4.69, 9.17) is 4.74 Å². The molecule has 3 aromatic rings. The molecule has 0 aliphatic carbocycles. The maximum Gasteiger partial charge on any atom is 0.262 e. The molecule has 1 aromatic heterocycles. The number of rotatable bonds is 7. The molecule has 0 radical (unpaired) electrons.